The number of carbonyl (C=O) groups is 2. The van der Waals surface area contributed by atoms with Gasteiger partial charge in [0.05, 0.1) is 11.0 Å². The Morgan fingerprint density at radius 2 is 1.86 bits per heavy atom. The number of aryl methyl sites for hydroxylation is 1. The first-order chi connectivity index (χ1) is 17.6. The van der Waals surface area contributed by atoms with Crippen molar-refractivity contribution in [2.45, 2.75) is 63.2 Å². The van der Waals surface area contributed by atoms with Crippen LogP contribution < -0.4 is 5.32 Å². The van der Waals surface area contributed by atoms with Crippen LogP contribution in [0.3, 0.4) is 0 Å². The number of fused-ring (bicyclic) bond motifs is 1. The van der Waals surface area contributed by atoms with Crippen molar-refractivity contribution in [1.82, 2.24) is 24.8 Å². The number of nitrogens with one attached hydrogen (secondary N) is 2. The number of amides is 1. The van der Waals surface area contributed by atoms with Crippen molar-refractivity contribution in [3.63, 3.8) is 0 Å². The number of para-hydroxylation sites is 2. The van der Waals surface area contributed by atoms with Gasteiger partial charge in [-0.05, 0) is 69.0 Å². The van der Waals surface area contributed by atoms with E-state index in [1.807, 2.05) is 29.8 Å². The number of imidazole rings is 1. The number of nitrogens with zero attached hydrogens (tertiary/aromatic N) is 3. The van der Waals surface area contributed by atoms with E-state index in [4.69, 9.17) is 14.9 Å². The molecule has 1 aromatic carbocycles. The number of aromatic amines is 1. The molecule has 0 radical (unpaired) electrons. The molecule has 3 heterocycles. The third-order valence-electron chi connectivity index (χ3n) is 6.95. The number of alkyl halides is 3. The summed E-state index contributed by atoms with van der Waals surface area (Å²) in [7, 11) is 1.97. The van der Waals surface area contributed by atoms with E-state index in [1.54, 1.807) is 0 Å². The summed E-state index contributed by atoms with van der Waals surface area (Å²) in [6, 6.07) is 10.4. The second-order valence-electron chi connectivity index (χ2n) is 9.80. The van der Waals surface area contributed by atoms with Crippen LogP contribution in [-0.2, 0) is 18.4 Å². The summed E-state index contributed by atoms with van der Waals surface area (Å²) in [5.74, 6) is -1.29. The molecule has 2 unspecified atom stereocenters. The van der Waals surface area contributed by atoms with Crippen molar-refractivity contribution in [2.24, 2.45) is 7.05 Å². The lowest BCUT2D eigenvalue weighted by atomic mass is 9.85. The van der Waals surface area contributed by atoms with Crippen LogP contribution in [-0.4, -0.2) is 61.7 Å². The predicted molar refractivity (Wildman–Crippen MR) is 132 cm³/mol. The SMILES string of the molecule is Cn1cc(CN2CCCC2)cc1C(=O)NC1CCCC(c2nc3ccccc3[nH]2)C1.O=C(O)C(F)(F)F. The minimum Gasteiger partial charge on any atom is -0.475 e. The maximum absolute atomic E-state index is 13.0. The number of carboxylic acids is 1. The van der Waals surface area contributed by atoms with Crippen molar-refractivity contribution >= 4 is 22.9 Å². The molecule has 37 heavy (non-hydrogen) atoms. The summed E-state index contributed by atoms with van der Waals surface area (Å²) < 4.78 is 33.7. The molecule has 0 bridgehead atoms. The lowest BCUT2D eigenvalue weighted by Crippen LogP contribution is -2.38. The van der Waals surface area contributed by atoms with E-state index in [9.17, 15) is 18.0 Å². The highest BCUT2D eigenvalue weighted by Gasteiger charge is 2.38. The van der Waals surface area contributed by atoms with Crippen LogP contribution in [0, 0.1) is 0 Å². The van der Waals surface area contributed by atoms with Gasteiger partial charge in [-0.2, -0.15) is 13.2 Å². The fraction of sp³-hybridized carbons (Fsp3) is 0.500. The van der Waals surface area contributed by atoms with Gasteiger partial charge in [-0.1, -0.05) is 18.6 Å². The van der Waals surface area contributed by atoms with Crippen molar-refractivity contribution in [1.29, 1.82) is 0 Å². The van der Waals surface area contributed by atoms with Gasteiger partial charge in [-0.3, -0.25) is 9.69 Å². The Kier molecular flexibility index (Phi) is 8.21. The average molecular weight is 520 g/mol. The maximum atomic E-state index is 13.0. The third-order valence-corrected chi connectivity index (χ3v) is 6.95. The number of benzene rings is 1. The summed E-state index contributed by atoms with van der Waals surface area (Å²) in [5, 5.41) is 10.4. The lowest BCUT2D eigenvalue weighted by molar-refractivity contribution is -0.192. The van der Waals surface area contributed by atoms with Gasteiger partial charge < -0.3 is 20.0 Å². The summed E-state index contributed by atoms with van der Waals surface area (Å²) in [5.41, 5.74) is 4.10. The van der Waals surface area contributed by atoms with Gasteiger partial charge in [0.15, 0.2) is 0 Å². The van der Waals surface area contributed by atoms with Gasteiger partial charge in [0.2, 0.25) is 0 Å². The zero-order valence-corrected chi connectivity index (χ0v) is 20.7. The van der Waals surface area contributed by atoms with Crippen molar-refractivity contribution < 1.29 is 27.9 Å². The van der Waals surface area contributed by atoms with E-state index in [0.717, 1.165) is 54.8 Å². The first-order valence-electron chi connectivity index (χ1n) is 12.5. The Morgan fingerprint density at radius 3 is 2.54 bits per heavy atom. The van der Waals surface area contributed by atoms with Gasteiger partial charge in [-0.15, -0.1) is 0 Å². The highest BCUT2D eigenvalue weighted by Crippen LogP contribution is 2.32. The molecule has 8 nitrogen and oxygen atoms in total. The number of carbonyl (C=O) groups excluding carboxylic acids is 1. The summed E-state index contributed by atoms with van der Waals surface area (Å²) in [6.07, 6.45) is 3.80. The van der Waals surface area contributed by atoms with Crippen LogP contribution in [0.15, 0.2) is 36.5 Å². The molecule has 200 valence electrons. The largest absolute Gasteiger partial charge is 0.490 e. The zero-order valence-electron chi connectivity index (χ0n) is 20.7. The molecule has 2 aliphatic rings. The van der Waals surface area contributed by atoms with Crippen molar-refractivity contribution in [2.75, 3.05) is 13.1 Å². The van der Waals surface area contributed by atoms with Crippen LogP contribution in [0.4, 0.5) is 13.2 Å². The number of hydrogen-bond acceptors (Lipinski definition) is 4. The molecular weight excluding hydrogens is 487 g/mol. The van der Waals surface area contributed by atoms with E-state index in [-0.39, 0.29) is 11.9 Å². The summed E-state index contributed by atoms with van der Waals surface area (Å²) in [4.78, 5) is 32.6. The van der Waals surface area contributed by atoms with Crippen molar-refractivity contribution in [3.8, 4) is 0 Å². The van der Waals surface area contributed by atoms with E-state index in [0.29, 0.717) is 5.92 Å². The zero-order chi connectivity index (χ0) is 26.6. The van der Waals surface area contributed by atoms with E-state index in [1.165, 1.54) is 31.5 Å². The molecule has 1 aliphatic heterocycles. The molecule has 2 atom stereocenters. The monoisotopic (exact) mass is 519 g/mol. The highest BCUT2D eigenvalue weighted by atomic mass is 19.4. The third kappa shape index (κ3) is 6.91. The lowest BCUT2D eigenvalue weighted by Gasteiger charge is -2.28. The maximum Gasteiger partial charge on any atom is 0.490 e. The minimum absolute atomic E-state index is 0.0421. The molecular formula is C26H32F3N5O3. The molecule has 2 aromatic heterocycles. The number of rotatable bonds is 5. The molecule has 3 aromatic rings. The molecule has 5 rings (SSSR count). The molecule has 1 saturated carbocycles. The number of carboxylic acid groups (broad SMARTS) is 1. The number of likely N-dealkylation sites (tertiary alicyclic amines) is 1. The summed E-state index contributed by atoms with van der Waals surface area (Å²) in [6.45, 7) is 3.28. The summed E-state index contributed by atoms with van der Waals surface area (Å²) >= 11 is 0. The van der Waals surface area contributed by atoms with Gasteiger partial charge >= 0.3 is 12.1 Å². The van der Waals surface area contributed by atoms with Gasteiger partial charge in [-0.25, -0.2) is 9.78 Å². The fourth-order valence-electron chi connectivity index (χ4n) is 5.14. The Morgan fingerprint density at radius 1 is 1.16 bits per heavy atom. The van der Waals surface area contributed by atoms with Gasteiger partial charge in [0, 0.05) is 31.7 Å². The molecule has 0 spiro atoms. The Hall–Kier alpha value is -3.34. The first kappa shape index (κ1) is 26.7. The van der Waals surface area contributed by atoms with E-state index < -0.39 is 12.1 Å². The number of H-pyrrole nitrogens is 1. The van der Waals surface area contributed by atoms with E-state index in [2.05, 4.69) is 33.5 Å². The predicted octanol–water partition coefficient (Wildman–Crippen LogP) is 4.59. The fourth-order valence-corrected chi connectivity index (χ4v) is 5.14. The smallest absolute Gasteiger partial charge is 0.475 e. The highest BCUT2D eigenvalue weighted by molar-refractivity contribution is 5.93. The van der Waals surface area contributed by atoms with Crippen LogP contribution in [0.1, 0.15) is 66.3 Å². The number of aromatic nitrogens is 3. The molecule has 1 aliphatic carbocycles. The topological polar surface area (TPSA) is 103 Å². The number of aliphatic carboxylic acids is 1. The Labute approximate surface area is 212 Å². The van der Waals surface area contributed by atoms with Gasteiger partial charge in [0.1, 0.15) is 11.5 Å². The van der Waals surface area contributed by atoms with Crippen molar-refractivity contribution in [3.05, 3.63) is 53.6 Å². The molecule has 11 heteroatoms. The van der Waals surface area contributed by atoms with Crippen LogP contribution in [0.25, 0.3) is 11.0 Å². The number of halogens is 3. The van der Waals surface area contributed by atoms with E-state index >= 15 is 0 Å². The first-order valence-corrected chi connectivity index (χ1v) is 12.5. The van der Waals surface area contributed by atoms with Crippen LogP contribution in [0.2, 0.25) is 0 Å². The second-order valence-corrected chi connectivity index (χ2v) is 9.80. The Balaban J connectivity index is 0.000000405. The molecule has 2 fully saturated rings. The molecule has 1 amide bonds. The Bertz CT molecular complexity index is 1200. The van der Waals surface area contributed by atoms with Gasteiger partial charge in [0.25, 0.3) is 5.91 Å². The van der Waals surface area contributed by atoms with Crippen LogP contribution in [0.5, 0.6) is 0 Å². The standard InChI is InChI=1S/C24H31N5O.C2HF3O2/c1-28-15-17(16-29-11-4-5-12-29)13-22(28)24(30)25-19-8-6-7-18(14-19)23-26-20-9-2-3-10-21(20)27-23;3-2(4,5)1(6)7/h2-3,9-10,13,15,18-19H,4-8,11-12,14,16H2,1H3,(H,25,30)(H,26,27);(H,6,7). The number of hydrogen-bond donors (Lipinski definition) is 3. The van der Waals surface area contributed by atoms with Crippen LogP contribution >= 0.6 is 0 Å². The quantitative estimate of drug-likeness (QED) is 0.458. The molecule has 3 N–H and O–H groups in total. The normalized spacial score (nSPS) is 20.4. The average Bonchev–Trinajstić information content (AvgIpc) is 3.59. The second kappa shape index (κ2) is 11.4. The molecule has 1 saturated heterocycles. The minimum atomic E-state index is -5.08.